The minimum Gasteiger partial charge on any atom is -0.378 e. The first kappa shape index (κ1) is 13.1. The lowest BCUT2D eigenvalue weighted by molar-refractivity contribution is 0.102. The first-order valence-corrected chi connectivity index (χ1v) is 7.59. The topological polar surface area (TPSA) is 21.3 Å². The second kappa shape index (κ2) is 5.26. The van der Waals surface area contributed by atoms with E-state index in [0.717, 1.165) is 19.6 Å². The van der Waals surface area contributed by atoms with Gasteiger partial charge in [0.25, 0.3) is 0 Å². The summed E-state index contributed by atoms with van der Waals surface area (Å²) in [6.45, 7) is 6.77. The van der Waals surface area contributed by atoms with Gasteiger partial charge in [0.1, 0.15) is 0 Å². The normalized spacial score (nSPS) is 28.5. The van der Waals surface area contributed by atoms with E-state index in [2.05, 4.69) is 43.4 Å². The fourth-order valence-electron chi connectivity index (χ4n) is 3.64. The van der Waals surface area contributed by atoms with Crippen LogP contribution in [0.25, 0.3) is 0 Å². The van der Waals surface area contributed by atoms with Crippen molar-refractivity contribution in [1.82, 2.24) is 5.32 Å². The summed E-state index contributed by atoms with van der Waals surface area (Å²) < 4.78 is 5.70. The van der Waals surface area contributed by atoms with Crippen molar-refractivity contribution < 1.29 is 4.74 Å². The average molecular weight is 259 g/mol. The molecule has 0 amide bonds. The highest BCUT2D eigenvalue weighted by Crippen LogP contribution is 2.44. The highest BCUT2D eigenvalue weighted by atomic mass is 16.5. The molecule has 1 fully saturated rings. The lowest BCUT2D eigenvalue weighted by Gasteiger charge is -2.29. The molecule has 2 heteroatoms. The molecule has 104 valence electrons. The second-order valence-corrected chi connectivity index (χ2v) is 6.68. The van der Waals surface area contributed by atoms with Crippen LogP contribution in [0.3, 0.4) is 0 Å². The van der Waals surface area contributed by atoms with Gasteiger partial charge in [-0.05, 0) is 48.8 Å². The van der Waals surface area contributed by atoms with E-state index in [-0.39, 0.29) is 0 Å². The highest BCUT2D eigenvalue weighted by molar-refractivity contribution is 5.37. The number of hydrogen-bond donors (Lipinski definition) is 1. The van der Waals surface area contributed by atoms with Crippen LogP contribution in [0.5, 0.6) is 0 Å². The molecule has 1 aliphatic heterocycles. The smallest absolute Gasteiger partial charge is 0.0588 e. The Morgan fingerprint density at radius 2 is 2.16 bits per heavy atom. The summed E-state index contributed by atoms with van der Waals surface area (Å²) >= 11 is 0. The number of rotatable bonds is 4. The van der Waals surface area contributed by atoms with Crippen LogP contribution in [-0.2, 0) is 11.2 Å². The molecule has 1 aliphatic carbocycles. The van der Waals surface area contributed by atoms with Crippen molar-refractivity contribution in [2.75, 3.05) is 13.2 Å². The molecule has 3 rings (SSSR count). The zero-order chi connectivity index (χ0) is 13.3. The zero-order valence-electron chi connectivity index (χ0n) is 12.1. The Balaban J connectivity index is 1.62. The Bertz CT molecular complexity index is 435. The molecular weight excluding hydrogens is 234 g/mol. The van der Waals surface area contributed by atoms with Crippen molar-refractivity contribution in [3.05, 3.63) is 35.4 Å². The fourth-order valence-corrected chi connectivity index (χ4v) is 3.64. The van der Waals surface area contributed by atoms with Crippen LogP contribution in [0.15, 0.2) is 24.3 Å². The van der Waals surface area contributed by atoms with Gasteiger partial charge in [0, 0.05) is 12.6 Å². The molecule has 2 nitrogen and oxygen atoms in total. The summed E-state index contributed by atoms with van der Waals surface area (Å²) in [5, 5.41) is 3.77. The minimum atomic E-state index is 0.320. The Morgan fingerprint density at radius 3 is 2.95 bits per heavy atom. The molecule has 1 heterocycles. The largest absolute Gasteiger partial charge is 0.378 e. The highest BCUT2D eigenvalue weighted by Gasteiger charge is 2.38. The molecule has 2 aliphatic rings. The maximum atomic E-state index is 5.70. The van der Waals surface area contributed by atoms with Gasteiger partial charge >= 0.3 is 0 Å². The van der Waals surface area contributed by atoms with Gasteiger partial charge in [-0.3, -0.25) is 0 Å². The van der Waals surface area contributed by atoms with Crippen LogP contribution in [0.4, 0.5) is 0 Å². The Morgan fingerprint density at radius 1 is 1.32 bits per heavy atom. The standard InChI is InChI=1S/C17H25NO/c1-17(2)12-13-6-3-4-8-15(13)16(17)18-10-9-14-7-5-11-19-14/h3-4,6,8,14,16,18H,5,7,9-12H2,1-2H3. The van der Waals surface area contributed by atoms with Gasteiger partial charge in [0.05, 0.1) is 6.10 Å². The van der Waals surface area contributed by atoms with Gasteiger partial charge in [-0.2, -0.15) is 0 Å². The summed E-state index contributed by atoms with van der Waals surface area (Å²) in [6.07, 6.45) is 5.30. The van der Waals surface area contributed by atoms with Gasteiger partial charge in [-0.15, -0.1) is 0 Å². The van der Waals surface area contributed by atoms with Crippen molar-refractivity contribution in [2.24, 2.45) is 5.41 Å². The maximum Gasteiger partial charge on any atom is 0.0588 e. The quantitative estimate of drug-likeness (QED) is 0.894. The van der Waals surface area contributed by atoms with E-state index < -0.39 is 0 Å². The van der Waals surface area contributed by atoms with Crippen molar-refractivity contribution >= 4 is 0 Å². The first-order valence-electron chi connectivity index (χ1n) is 7.59. The average Bonchev–Trinajstić information content (AvgIpc) is 2.96. The van der Waals surface area contributed by atoms with Crippen molar-refractivity contribution in [3.63, 3.8) is 0 Å². The van der Waals surface area contributed by atoms with Crippen molar-refractivity contribution in [1.29, 1.82) is 0 Å². The summed E-state index contributed by atoms with van der Waals surface area (Å²) in [5.41, 5.74) is 3.34. The van der Waals surface area contributed by atoms with Gasteiger partial charge in [0.2, 0.25) is 0 Å². The molecule has 2 unspecified atom stereocenters. The molecular formula is C17H25NO. The van der Waals surface area contributed by atoms with Crippen molar-refractivity contribution in [3.8, 4) is 0 Å². The molecule has 0 radical (unpaired) electrons. The number of nitrogens with one attached hydrogen (secondary N) is 1. The number of fused-ring (bicyclic) bond motifs is 1. The fraction of sp³-hybridized carbons (Fsp3) is 0.647. The summed E-state index contributed by atoms with van der Waals surface area (Å²) in [4.78, 5) is 0. The van der Waals surface area contributed by atoms with Gasteiger partial charge < -0.3 is 10.1 Å². The van der Waals surface area contributed by atoms with Crippen LogP contribution in [0.2, 0.25) is 0 Å². The van der Waals surface area contributed by atoms with Crippen LogP contribution < -0.4 is 5.32 Å². The monoisotopic (exact) mass is 259 g/mol. The van der Waals surface area contributed by atoms with Gasteiger partial charge in [-0.1, -0.05) is 38.1 Å². The number of benzene rings is 1. The number of hydrogen-bond acceptors (Lipinski definition) is 2. The second-order valence-electron chi connectivity index (χ2n) is 6.68. The maximum absolute atomic E-state index is 5.70. The van der Waals surface area contributed by atoms with E-state index in [0.29, 0.717) is 17.6 Å². The lowest BCUT2D eigenvalue weighted by Crippen LogP contribution is -2.33. The van der Waals surface area contributed by atoms with Gasteiger partial charge in [0.15, 0.2) is 0 Å². The van der Waals surface area contributed by atoms with E-state index in [1.807, 2.05) is 0 Å². The minimum absolute atomic E-state index is 0.320. The third kappa shape index (κ3) is 2.70. The molecule has 1 N–H and O–H groups in total. The number of ether oxygens (including phenoxy) is 1. The van der Waals surface area contributed by atoms with E-state index in [1.54, 1.807) is 0 Å². The molecule has 1 aromatic carbocycles. The van der Waals surface area contributed by atoms with Crippen LogP contribution in [-0.4, -0.2) is 19.3 Å². The molecule has 0 saturated carbocycles. The predicted octanol–water partition coefficient (Wildman–Crippen LogP) is 3.47. The first-order chi connectivity index (χ1) is 9.17. The van der Waals surface area contributed by atoms with Gasteiger partial charge in [-0.25, -0.2) is 0 Å². The summed E-state index contributed by atoms with van der Waals surface area (Å²) in [7, 11) is 0. The summed E-state index contributed by atoms with van der Waals surface area (Å²) in [6, 6.07) is 9.37. The Kier molecular flexibility index (Phi) is 3.64. The zero-order valence-corrected chi connectivity index (χ0v) is 12.1. The molecule has 0 bridgehead atoms. The molecule has 1 saturated heterocycles. The Hall–Kier alpha value is -0.860. The van der Waals surface area contributed by atoms with E-state index in [4.69, 9.17) is 4.74 Å². The molecule has 2 atom stereocenters. The van der Waals surface area contributed by atoms with Crippen LogP contribution >= 0.6 is 0 Å². The SMILES string of the molecule is CC1(C)Cc2ccccc2C1NCCC1CCCO1. The summed E-state index contributed by atoms with van der Waals surface area (Å²) in [5.74, 6) is 0. The Labute approximate surface area is 116 Å². The molecule has 1 aromatic rings. The van der Waals surface area contributed by atoms with Crippen LogP contribution in [0.1, 0.15) is 50.3 Å². The molecule has 19 heavy (non-hydrogen) atoms. The lowest BCUT2D eigenvalue weighted by atomic mass is 9.85. The third-order valence-corrected chi connectivity index (χ3v) is 4.63. The van der Waals surface area contributed by atoms with E-state index in [1.165, 1.54) is 30.4 Å². The molecule has 0 aromatic heterocycles. The third-order valence-electron chi connectivity index (χ3n) is 4.63. The van der Waals surface area contributed by atoms with Crippen molar-refractivity contribution in [2.45, 2.75) is 51.7 Å². The van der Waals surface area contributed by atoms with Crippen LogP contribution in [0, 0.1) is 5.41 Å². The van der Waals surface area contributed by atoms with E-state index >= 15 is 0 Å². The predicted molar refractivity (Wildman–Crippen MR) is 78.3 cm³/mol. The van der Waals surface area contributed by atoms with E-state index in [9.17, 15) is 0 Å². The molecule has 0 spiro atoms.